The molecule has 3 rings (SSSR count). The lowest BCUT2D eigenvalue weighted by atomic mass is 10.0. The summed E-state index contributed by atoms with van der Waals surface area (Å²) in [7, 11) is 0. The second-order valence-corrected chi connectivity index (χ2v) is 6.86. The molecule has 0 bridgehead atoms. The highest BCUT2D eigenvalue weighted by atomic mass is 19.4. The van der Waals surface area contributed by atoms with Crippen LogP contribution >= 0.6 is 0 Å². The number of nitrogens with one attached hydrogen (secondary N) is 1. The fraction of sp³-hybridized carbons (Fsp3) is 0.200. The molecule has 156 valence electrons. The molecule has 0 aliphatic rings. The zero-order valence-electron chi connectivity index (χ0n) is 15.4. The molecule has 1 atom stereocenters. The molecule has 2 N–H and O–H groups in total. The summed E-state index contributed by atoms with van der Waals surface area (Å²) in [5, 5.41) is 21.5. The maximum Gasteiger partial charge on any atom is 0.417 e. The zero-order valence-corrected chi connectivity index (χ0v) is 15.4. The minimum absolute atomic E-state index is 0.0480. The van der Waals surface area contributed by atoms with Crippen LogP contribution in [0.5, 0.6) is 0 Å². The molecular formula is C20H14F5N3O2. The van der Waals surface area contributed by atoms with Gasteiger partial charge in [-0.1, -0.05) is 0 Å². The first-order valence-corrected chi connectivity index (χ1v) is 8.51. The van der Waals surface area contributed by atoms with Crippen molar-refractivity contribution < 1.29 is 31.9 Å². The predicted octanol–water partition coefficient (Wildman–Crippen LogP) is 4.20. The van der Waals surface area contributed by atoms with E-state index in [1.54, 1.807) is 0 Å². The van der Waals surface area contributed by atoms with E-state index in [0.29, 0.717) is 6.07 Å². The van der Waals surface area contributed by atoms with Crippen LogP contribution in [0.15, 0.2) is 42.6 Å². The Balaban J connectivity index is 1.86. The van der Waals surface area contributed by atoms with Gasteiger partial charge in [0.25, 0.3) is 5.91 Å². The summed E-state index contributed by atoms with van der Waals surface area (Å²) in [5.41, 5.74) is -4.06. The molecule has 0 aliphatic carbocycles. The fourth-order valence-corrected chi connectivity index (χ4v) is 2.98. The largest absolute Gasteiger partial charge is 0.417 e. The van der Waals surface area contributed by atoms with E-state index in [9.17, 15) is 31.9 Å². The van der Waals surface area contributed by atoms with E-state index in [1.807, 2.05) is 0 Å². The topological polar surface area (TPSA) is 78.1 Å². The van der Waals surface area contributed by atoms with Crippen molar-refractivity contribution in [2.45, 2.75) is 25.2 Å². The number of rotatable bonds is 4. The quantitative estimate of drug-likeness (QED) is 0.618. The van der Waals surface area contributed by atoms with Gasteiger partial charge in [0.2, 0.25) is 0 Å². The number of fused-ring (bicyclic) bond motifs is 1. The Morgan fingerprint density at radius 1 is 1.20 bits per heavy atom. The number of aliphatic hydroxyl groups is 1. The minimum atomic E-state index is -4.81. The first-order chi connectivity index (χ1) is 13.9. The molecule has 0 unspecified atom stereocenters. The molecule has 10 heteroatoms. The standard InChI is InChI=1S/C20H14F5N3O2/c1-19(30,10-28-9-16(22)14-6-12(21)3-5-17(14)28)18(29)27-13-4-2-11(8-26)15(7-13)20(23,24)25/h2-7,9,30H,10H2,1H3,(H,27,29)/t19-/m0/s1. The number of carbonyl (C=O) groups excluding carboxylic acids is 1. The van der Waals surface area contributed by atoms with Crippen molar-refractivity contribution >= 4 is 22.5 Å². The average molecular weight is 423 g/mol. The molecule has 5 nitrogen and oxygen atoms in total. The monoisotopic (exact) mass is 423 g/mol. The van der Waals surface area contributed by atoms with E-state index < -0.39 is 47.0 Å². The number of benzene rings is 2. The van der Waals surface area contributed by atoms with Gasteiger partial charge in [-0.05, 0) is 43.3 Å². The maximum atomic E-state index is 14.0. The first kappa shape index (κ1) is 21.3. The minimum Gasteiger partial charge on any atom is -0.378 e. The van der Waals surface area contributed by atoms with Crippen molar-refractivity contribution in [1.82, 2.24) is 4.57 Å². The summed E-state index contributed by atoms with van der Waals surface area (Å²) in [6.07, 6.45) is -3.83. The van der Waals surface area contributed by atoms with E-state index >= 15 is 0 Å². The number of carbonyl (C=O) groups is 1. The van der Waals surface area contributed by atoms with Crippen molar-refractivity contribution in [2.75, 3.05) is 5.32 Å². The van der Waals surface area contributed by atoms with E-state index in [0.717, 1.165) is 37.4 Å². The van der Waals surface area contributed by atoms with Gasteiger partial charge in [-0.15, -0.1) is 0 Å². The van der Waals surface area contributed by atoms with Crippen LogP contribution in [0.1, 0.15) is 18.1 Å². The molecule has 1 aromatic heterocycles. The van der Waals surface area contributed by atoms with Crippen LogP contribution in [0, 0.1) is 23.0 Å². The SMILES string of the molecule is C[C@](O)(Cn1cc(F)c2cc(F)ccc21)C(=O)Nc1ccc(C#N)c(C(F)(F)F)c1. The second-order valence-electron chi connectivity index (χ2n) is 6.86. The molecule has 3 aromatic rings. The molecule has 1 heterocycles. The highest BCUT2D eigenvalue weighted by Crippen LogP contribution is 2.34. The van der Waals surface area contributed by atoms with Crippen LogP contribution in [0.25, 0.3) is 10.9 Å². The van der Waals surface area contributed by atoms with Crippen molar-refractivity contribution in [2.24, 2.45) is 0 Å². The molecule has 30 heavy (non-hydrogen) atoms. The van der Waals surface area contributed by atoms with Crippen molar-refractivity contribution in [1.29, 1.82) is 5.26 Å². The van der Waals surface area contributed by atoms with Crippen LogP contribution in [0.4, 0.5) is 27.6 Å². The van der Waals surface area contributed by atoms with Crippen molar-refractivity contribution in [3.63, 3.8) is 0 Å². The molecule has 0 saturated heterocycles. The number of hydrogen-bond donors (Lipinski definition) is 2. The van der Waals surface area contributed by atoms with Crippen LogP contribution in [0.3, 0.4) is 0 Å². The van der Waals surface area contributed by atoms with Gasteiger partial charge in [-0.2, -0.15) is 18.4 Å². The first-order valence-electron chi connectivity index (χ1n) is 8.51. The number of anilines is 1. The van der Waals surface area contributed by atoms with E-state index in [-0.39, 0.29) is 16.6 Å². The van der Waals surface area contributed by atoms with Gasteiger partial charge in [-0.3, -0.25) is 4.79 Å². The summed E-state index contributed by atoms with van der Waals surface area (Å²) < 4.78 is 67.8. The third-order valence-corrected chi connectivity index (χ3v) is 4.47. The number of alkyl halides is 3. The van der Waals surface area contributed by atoms with Gasteiger partial charge >= 0.3 is 6.18 Å². The van der Waals surface area contributed by atoms with E-state index in [4.69, 9.17) is 5.26 Å². The molecule has 2 aromatic carbocycles. The Morgan fingerprint density at radius 2 is 1.90 bits per heavy atom. The molecule has 0 fully saturated rings. The Bertz CT molecular complexity index is 1180. The molecular weight excluding hydrogens is 409 g/mol. The number of halogens is 5. The lowest BCUT2D eigenvalue weighted by molar-refractivity contribution is -0.138. The summed E-state index contributed by atoms with van der Waals surface area (Å²) in [4.78, 5) is 12.5. The summed E-state index contributed by atoms with van der Waals surface area (Å²) in [5.74, 6) is -2.47. The summed E-state index contributed by atoms with van der Waals surface area (Å²) >= 11 is 0. The second kappa shape index (κ2) is 7.42. The number of amides is 1. The Hall–Kier alpha value is -3.45. The van der Waals surface area contributed by atoms with Gasteiger partial charge in [0.1, 0.15) is 11.6 Å². The summed E-state index contributed by atoms with van der Waals surface area (Å²) in [6, 6.07) is 7.32. The molecule has 0 aliphatic heterocycles. The van der Waals surface area contributed by atoms with Crippen LogP contribution in [-0.2, 0) is 17.5 Å². The molecule has 1 amide bonds. The molecule has 0 spiro atoms. The average Bonchev–Trinajstić information content (AvgIpc) is 2.95. The normalized spacial score (nSPS) is 13.7. The number of nitriles is 1. The Morgan fingerprint density at radius 3 is 2.53 bits per heavy atom. The van der Waals surface area contributed by atoms with E-state index in [1.165, 1.54) is 16.7 Å². The number of nitrogens with zero attached hydrogens (tertiary/aromatic N) is 2. The lowest BCUT2D eigenvalue weighted by Crippen LogP contribution is -2.43. The van der Waals surface area contributed by atoms with Gasteiger partial charge in [-0.25, -0.2) is 8.78 Å². The highest BCUT2D eigenvalue weighted by Gasteiger charge is 2.35. The molecule has 0 saturated carbocycles. The van der Waals surface area contributed by atoms with Gasteiger partial charge in [0, 0.05) is 17.3 Å². The predicted molar refractivity (Wildman–Crippen MR) is 97.3 cm³/mol. The van der Waals surface area contributed by atoms with Gasteiger partial charge < -0.3 is 15.0 Å². The van der Waals surface area contributed by atoms with Gasteiger partial charge in [0.15, 0.2) is 5.60 Å². The Kier molecular flexibility index (Phi) is 5.26. The zero-order chi connectivity index (χ0) is 22.3. The number of aromatic nitrogens is 1. The van der Waals surface area contributed by atoms with Crippen LogP contribution < -0.4 is 5.32 Å². The maximum absolute atomic E-state index is 14.0. The third-order valence-electron chi connectivity index (χ3n) is 4.47. The fourth-order valence-electron chi connectivity index (χ4n) is 2.98. The molecule has 0 radical (unpaired) electrons. The van der Waals surface area contributed by atoms with Crippen molar-refractivity contribution in [3.8, 4) is 6.07 Å². The number of hydrogen-bond acceptors (Lipinski definition) is 3. The summed E-state index contributed by atoms with van der Waals surface area (Å²) in [6.45, 7) is 0.650. The lowest BCUT2D eigenvalue weighted by Gasteiger charge is -2.23. The van der Waals surface area contributed by atoms with Crippen LogP contribution in [0.2, 0.25) is 0 Å². The van der Waals surface area contributed by atoms with Crippen molar-refractivity contribution in [3.05, 3.63) is 65.4 Å². The Labute approximate surface area is 167 Å². The smallest absolute Gasteiger partial charge is 0.378 e. The van der Waals surface area contributed by atoms with Gasteiger partial charge in [0.05, 0.1) is 29.3 Å². The highest BCUT2D eigenvalue weighted by molar-refractivity contribution is 5.97. The third kappa shape index (κ3) is 4.11. The van der Waals surface area contributed by atoms with E-state index in [2.05, 4.69) is 5.32 Å². The van der Waals surface area contributed by atoms with Crippen LogP contribution in [-0.4, -0.2) is 21.2 Å².